The first-order chi connectivity index (χ1) is 17.3. The van der Waals surface area contributed by atoms with E-state index in [1.54, 1.807) is 12.1 Å². The van der Waals surface area contributed by atoms with E-state index < -0.39 is 0 Å². The zero-order valence-corrected chi connectivity index (χ0v) is 22.3. The predicted molar refractivity (Wildman–Crippen MR) is 145 cm³/mol. The summed E-state index contributed by atoms with van der Waals surface area (Å²) in [5.74, 6) is -0.386. The zero-order valence-electron chi connectivity index (χ0n) is 22.3. The molecule has 1 aliphatic heterocycles. The Morgan fingerprint density at radius 1 is 1.03 bits per heavy atom. The Hall–Kier alpha value is -2.93. The molecule has 2 amide bonds. The van der Waals surface area contributed by atoms with E-state index in [1.807, 2.05) is 62.9 Å². The number of rotatable bonds is 10. The quantitative estimate of drug-likeness (QED) is 0.484. The number of nitrogens with one attached hydrogen (secondary N) is 1. The molecule has 3 rings (SSSR count). The second-order valence-electron chi connectivity index (χ2n) is 9.53. The Morgan fingerprint density at radius 2 is 1.69 bits per heavy atom. The summed E-state index contributed by atoms with van der Waals surface area (Å²) in [6.45, 7) is 13.3. The Kier molecular flexibility index (Phi) is 9.88. The van der Waals surface area contributed by atoms with Gasteiger partial charge in [-0.05, 0) is 57.4 Å². The van der Waals surface area contributed by atoms with Crippen molar-refractivity contribution in [3.05, 3.63) is 59.9 Å². The fourth-order valence-corrected chi connectivity index (χ4v) is 5.15. The lowest BCUT2D eigenvalue weighted by Gasteiger charge is -2.44. The van der Waals surface area contributed by atoms with Crippen LogP contribution in [0.5, 0.6) is 0 Å². The Balaban J connectivity index is 1.76. The first-order valence-electron chi connectivity index (χ1n) is 13.3. The van der Waals surface area contributed by atoms with Gasteiger partial charge in [0.25, 0.3) is 0 Å². The van der Waals surface area contributed by atoms with Gasteiger partial charge in [-0.1, -0.05) is 44.2 Å². The van der Waals surface area contributed by atoms with Crippen molar-refractivity contribution in [2.75, 3.05) is 42.9 Å². The molecule has 1 saturated heterocycles. The van der Waals surface area contributed by atoms with Crippen LogP contribution in [0.2, 0.25) is 0 Å². The summed E-state index contributed by atoms with van der Waals surface area (Å²) in [7, 11) is 0. The van der Waals surface area contributed by atoms with Gasteiger partial charge in [-0.2, -0.15) is 0 Å². The van der Waals surface area contributed by atoms with Gasteiger partial charge in [-0.15, -0.1) is 0 Å². The normalized spacial score (nSPS) is 17.2. The van der Waals surface area contributed by atoms with Crippen LogP contribution in [-0.4, -0.2) is 60.4 Å². The lowest BCUT2D eigenvalue weighted by atomic mass is 10.0. The highest BCUT2D eigenvalue weighted by molar-refractivity contribution is 5.92. The molecule has 0 radical (unpaired) electrons. The molecule has 2 aromatic rings. The van der Waals surface area contributed by atoms with Gasteiger partial charge in [-0.3, -0.25) is 14.5 Å². The van der Waals surface area contributed by atoms with E-state index in [2.05, 4.69) is 22.0 Å². The summed E-state index contributed by atoms with van der Waals surface area (Å²) in [6, 6.07) is 14.5. The molecular formula is C29H41FN4O2. The average molecular weight is 497 g/mol. The van der Waals surface area contributed by atoms with Crippen molar-refractivity contribution in [1.82, 2.24) is 9.80 Å². The minimum absolute atomic E-state index is 0.00831. The molecule has 1 N–H and O–H groups in total. The number of piperazine rings is 1. The fourth-order valence-electron chi connectivity index (χ4n) is 5.15. The molecule has 36 heavy (non-hydrogen) atoms. The van der Waals surface area contributed by atoms with Crippen LogP contribution >= 0.6 is 0 Å². The van der Waals surface area contributed by atoms with Crippen molar-refractivity contribution in [1.29, 1.82) is 0 Å². The van der Waals surface area contributed by atoms with Crippen LogP contribution < -0.4 is 10.2 Å². The molecule has 0 spiro atoms. The van der Waals surface area contributed by atoms with Gasteiger partial charge < -0.3 is 15.1 Å². The maximum atomic E-state index is 15.2. The van der Waals surface area contributed by atoms with Crippen LogP contribution in [0.3, 0.4) is 0 Å². The molecule has 1 aliphatic rings. The fraction of sp³-hybridized carbons (Fsp3) is 0.517. The van der Waals surface area contributed by atoms with E-state index in [1.165, 1.54) is 6.07 Å². The van der Waals surface area contributed by atoms with Crippen LogP contribution in [-0.2, 0) is 9.59 Å². The molecule has 1 fully saturated rings. The van der Waals surface area contributed by atoms with E-state index >= 15 is 4.39 Å². The highest BCUT2D eigenvalue weighted by atomic mass is 19.1. The van der Waals surface area contributed by atoms with Gasteiger partial charge in [-0.25, -0.2) is 4.39 Å². The van der Waals surface area contributed by atoms with Gasteiger partial charge in [0.15, 0.2) is 0 Å². The minimum Gasteiger partial charge on any atom is -0.364 e. The molecule has 1 heterocycles. The van der Waals surface area contributed by atoms with Crippen LogP contribution in [0, 0.1) is 11.7 Å². The Morgan fingerprint density at radius 3 is 2.25 bits per heavy atom. The van der Waals surface area contributed by atoms with Gasteiger partial charge in [0.2, 0.25) is 11.8 Å². The molecule has 0 saturated carbocycles. The van der Waals surface area contributed by atoms with Crippen LogP contribution in [0.4, 0.5) is 15.8 Å². The number of carbonyl (C=O) groups excluding carboxylic acids is 2. The third-order valence-electron chi connectivity index (χ3n) is 7.33. The van der Waals surface area contributed by atoms with Crippen molar-refractivity contribution in [3.63, 3.8) is 0 Å². The number of carbonyl (C=O) groups is 2. The minimum atomic E-state index is -0.358. The summed E-state index contributed by atoms with van der Waals surface area (Å²) in [6.07, 6.45) is 1.51. The number of amides is 2. The van der Waals surface area contributed by atoms with Crippen molar-refractivity contribution in [2.24, 2.45) is 5.92 Å². The molecular weight excluding hydrogens is 455 g/mol. The van der Waals surface area contributed by atoms with Gasteiger partial charge in [0.1, 0.15) is 11.9 Å². The van der Waals surface area contributed by atoms with Crippen LogP contribution in [0.15, 0.2) is 48.5 Å². The summed E-state index contributed by atoms with van der Waals surface area (Å²) in [5, 5.41) is 2.85. The smallest absolute Gasteiger partial charge is 0.244 e. The highest BCUT2D eigenvalue weighted by Crippen LogP contribution is 2.31. The Bertz CT molecular complexity index is 1010. The lowest BCUT2D eigenvalue weighted by molar-refractivity contribution is -0.137. The standard InChI is InChI=1S/C29H41FN4O2/c1-6-22(7-2)28(35)31-24-15-16-26(25(30)19-24)34-18-17-33(20-21(34)5)27(23-13-11-10-12-14-23)29(36)32(8-3)9-4/h10-16,19,21-22,27H,6-9,17-18,20H2,1-5H3,(H,31,35). The van der Waals surface area contributed by atoms with Crippen molar-refractivity contribution < 1.29 is 14.0 Å². The topological polar surface area (TPSA) is 55.9 Å². The van der Waals surface area contributed by atoms with Gasteiger partial charge in [0.05, 0.1) is 5.69 Å². The summed E-state index contributed by atoms with van der Waals surface area (Å²) >= 11 is 0. The SMILES string of the molecule is CCC(CC)C(=O)Nc1ccc(N2CCN(C(C(=O)N(CC)CC)c3ccccc3)CC2C)c(F)c1. The number of hydrogen-bond donors (Lipinski definition) is 1. The molecule has 2 unspecified atom stereocenters. The maximum Gasteiger partial charge on any atom is 0.244 e. The summed E-state index contributed by atoms with van der Waals surface area (Å²) in [5.41, 5.74) is 1.99. The molecule has 7 heteroatoms. The Labute approximate surface area is 215 Å². The number of anilines is 2. The van der Waals surface area contributed by atoms with E-state index in [9.17, 15) is 9.59 Å². The average Bonchev–Trinajstić information content (AvgIpc) is 2.87. The monoisotopic (exact) mass is 496 g/mol. The van der Waals surface area contributed by atoms with Crippen molar-refractivity contribution in [2.45, 2.75) is 59.5 Å². The van der Waals surface area contributed by atoms with Gasteiger partial charge >= 0.3 is 0 Å². The number of halogens is 1. The van der Waals surface area contributed by atoms with E-state index in [-0.39, 0.29) is 35.6 Å². The highest BCUT2D eigenvalue weighted by Gasteiger charge is 2.35. The largest absolute Gasteiger partial charge is 0.364 e. The van der Waals surface area contributed by atoms with Crippen molar-refractivity contribution >= 4 is 23.2 Å². The molecule has 2 aromatic carbocycles. The van der Waals surface area contributed by atoms with E-state index in [4.69, 9.17) is 0 Å². The second kappa shape index (κ2) is 12.9. The molecule has 196 valence electrons. The third-order valence-corrected chi connectivity index (χ3v) is 7.33. The van der Waals surface area contributed by atoms with E-state index in [0.29, 0.717) is 44.1 Å². The molecule has 0 aromatic heterocycles. The van der Waals surface area contributed by atoms with Crippen LogP contribution in [0.1, 0.15) is 59.1 Å². The summed E-state index contributed by atoms with van der Waals surface area (Å²) in [4.78, 5) is 32.1. The molecule has 2 atom stereocenters. The second-order valence-corrected chi connectivity index (χ2v) is 9.53. The molecule has 6 nitrogen and oxygen atoms in total. The van der Waals surface area contributed by atoms with Crippen molar-refractivity contribution in [3.8, 4) is 0 Å². The van der Waals surface area contributed by atoms with Crippen LogP contribution in [0.25, 0.3) is 0 Å². The number of benzene rings is 2. The van der Waals surface area contributed by atoms with E-state index in [0.717, 1.165) is 18.4 Å². The number of nitrogens with zero attached hydrogens (tertiary/aromatic N) is 3. The summed E-state index contributed by atoms with van der Waals surface area (Å²) < 4.78 is 15.2. The maximum absolute atomic E-state index is 15.2. The molecule has 0 bridgehead atoms. The third kappa shape index (κ3) is 6.25. The predicted octanol–water partition coefficient (Wildman–Crippen LogP) is 5.32. The first-order valence-corrected chi connectivity index (χ1v) is 13.3. The number of hydrogen-bond acceptors (Lipinski definition) is 4. The zero-order chi connectivity index (χ0) is 26.2. The number of likely N-dealkylation sites (N-methyl/N-ethyl adjacent to an activating group) is 1. The lowest BCUT2D eigenvalue weighted by Crippen LogP contribution is -2.55. The molecule has 0 aliphatic carbocycles. The van der Waals surface area contributed by atoms with Gasteiger partial charge in [0, 0.05) is 50.4 Å². The first kappa shape index (κ1) is 27.7.